The average Bonchev–Trinajstić information content (AvgIpc) is 2.37. The molecular weight excluding hydrogens is 314 g/mol. The van der Waals surface area contributed by atoms with Crippen LogP contribution in [0.4, 0.5) is 5.69 Å². The summed E-state index contributed by atoms with van der Waals surface area (Å²) in [6.45, 7) is 1.72. The first-order valence-corrected chi connectivity index (χ1v) is 9.47. The van der Waals surface area contributed by atoms with E-state index < -0.39 is 20.0 Å². The third-order valence-electron chi connectivity index (χ3n) is 3.02. The Kier molecular flexibility index (Phi) is 5.74. The number of nitrogens with two attached hydrogens (primary N) is 1. The molecule has 0 aliphatic carbocycles. The third-order valence-corrected chi connectivity index (χ3v) is 6.31. The summed E-state index contributed by atoms with van der Waals surface area (Å²) in [4.78, 5) is 0.0273. The Morgan fingerprint density at radius 1 is 1.19 bits per heavy atom. The second-order valence-electron chi connectivity index (χ2n) is 4.71. The minimum atomic E-state index is -3.77. The fourth-order valence-electron chi connectivity index (χ4n) is 1.63. The van der Waals surface area contributed by atoms with Crippen LogP contribution in [0.2, 0.25) is 0 Å². The lowest BCUT2D eigenvalue weighted by Gasteiger charge is -2.12. The molecule has 0 bridgehead atoms. The van der Waals surface area contributed by atoms with E-state index in [1.54, 1.807) is 6.07 Å². The zero-order valence-electron chi connectivity index (χ0n) is 12.3. The Morgan fingerprint density at radius 3 is 2.29 bits per heavy atom. The van der Waals surface area contributed by atoms with Crippen molar-refractivity contribution >= 4 is 25.7 Å². The van der Waals surface area contributed by atoms with Crippen LogP contribution in [-0.2, 0) is 26.5 Å². The van der Waals surface area contributed by atoms with Crippen molar-refractivity contribution in [1.82, 2.24) is 9.03 Å². The molecule has 9 heteroatoms. The Bertz CT molecular complexity index is 697. The van der Waals surface area contributed by atoms with E-state index in [0.717, 1.165) is 9.87 Å². The Balaban J connectivity index is 2.81. The van der Waals surface area contributed by atoms with Crippen molar-refractivity contribution in [3.63, 3.8) is 0 Å². The predicted octanol–water partition coefficient (Wildman–Crippen LogP) is 0.000900. The average molecular weight is 335 g/mol. The van der Waals surface area contributed by atoms with E-state index in [9.17, 15) is 16.8 Å². The van der Waals surface area contributed by atoms with Gasteiger partial charge in [0, 0.05) is 26.3 Å². The van der Waals surface area contributed by atoms with Gasteiger partial charge in [-0.1, -0.05) is 13.0 Å². The van der Waals surface area contributed by atoms with Crippen LogP contribution in [-0.4, -0.2) is 47.5 Å². The van der Waals surface area contributed by atoms with E-state index in [0.29, 0.717) is 12.1 Å². The number of anilines is 1. The number of sulfonamides is 2. The standard InChI is InChI=1S/C12H21N3O4S2/c1-4-10-5-6-11(9-12(10)13)21(18,19)14-7-8-20(16,17)15(2)3/h5-6,9,14H,4,7-8,13H2,1-3H3. The summed E-state index contributed by atoms with van der Waals surface area (Å²) in [5.41, 5.74) is 7.04. The normalized spacial score (nSPS) is 12.8. The van der Waals surface area contributed by atoms with E-state index in [2.05, 4.69) is 4.72 Å². The Labute approximate surface area is 126 Å². The molecule has 0 fully saturated rings. The van der Waals surface area contributed by atoms with Gasteiger partial charge in [-0.15, -0.1) is 0 Å². The second kappa shape index (κ2) is 6.73. The number of hydrogen-bond donors (Lipinski definition) is 2. The van der Waals surface area contributed by atoms with Crippen LogP contribution >= 0.6 is 0 Å². The van der Waals surface area contributed by atoms with Gasteiger partial charge in [0.2, 0.25) is 20.0 Å². The van der Waals surface area contributed by atoms with Crippen LogP contribution in [0.5, 0.6) is 0 Å². The number of rotatable bonds is 7. The van der Waals surface area contributed by atoms with E-state index in [1.807, 2.05) is 6.92 Å². The van der Waals surface area contributed by atoms with Gasteiger partial charge < -0.3 is 5.73 Å². The molecule has 0 aliphatic rings. The van der Waals surface area contributed by atoms with Gasteiger partial charge in [-0.25, -0.2) is 25.9 Å². The molecule has 0 atom stereocenters. The number of aryl methyl sites for hydroxylation is 1. The zero-order chi connectivity index (χ0) is 16.3. The molecule has 0 saturated heterocycles. The summed E-state index contributed by atoms with van der Waals surface area (Å²) >= 11 is 0. The highest BCUT2D eigenvalue weighted by molar-refractivity contribution is 7.90. The van der Waals surface area contributed by atoms with Crippen LogP contribution in [0.3, 0.4) is 0 Å². The lowest BCUT2D eigenvalue weighted by molar-refractivity contribution is 0.519. The second-order valence-corrected chi connectivity index (χ2v) is 8.78. The summed E-state index contributed by atoms with van der Waals surface area (Å²) in [5, 5.41) is 0. The first-order chi connectivity index (χ1) is 9.60. The lowest BCUT2D eigenvalue weighted by Crippen LogP contribution is -2.34. The van der Waals surface area contributed by atoms with Gasteiger partial charge in [0.1, 0.15) is 0 Å². The van der Waals surface area contributed by atoms with Crippen molar-refractivity contribution in [3.8, 4) is 0 Å². The summed E-state index contributed by atoms with van der Waals surface area (Å²) in [6, 6.07) is 4.49. The van der Waals surface area contributed by atoms with Gasteiger partial charge in [0.25, 0.3) is 0 Å². The van der Waals surface area contributed by atoms with Crippen LogP contribution in [0.25, 0.3) is 0 Å². The van der Waals surface area contributed by atoms with Crippen molar-refractivity contribution in [1.29, 1.82) is 0 Å². The minimum Gasteiger partial charge on any atom is -0.398 e. The molecule has 0 radical (unpaired) electrons. The van der Waals surface area contributed by atoms with Crippen molar-refractivity contribution in [3.05, 3.63) is 23.8 Å². The van der Waals surface area contributed by atoms with Crippen LogP contribution in [0.1, 0.15) is 12.5 Å². The number of nitrogen functional groups attached to an aromatic ring is 1. The van der Waals surface area contributed by atoms with Crippen molar-refractivity contribution < 1.29 is 16.8 Å². The molecule has 0 spiro atoms. The maximum atomic E-state index is 12.1. The van der Waals surface area contributed by atoms with Crippen molar-refractivity contribution in [2.24, 2.45) is 0 Å². The molecule has 1 aromatic rings. The van der Waals surface area contributed by atoms with E-state index in [-0.39, 0.29) is 17.2 Å². The minimum absolute atomic E-state index is 0.0273. The highest BCUT2D eigenvalue weighted by Crippen LogP contribution is 2.18. The summed E-state index contributed by atoms with van der Waals surface area (Å²) in [5.74, 6) is -0.304. The van der Waals surface area contributed by atoms with Gasteiger partial charge in [0.15, 0.2) is 0 Å². The fraction of sp³-hybridized carbons (Fsp3) is 0.500. The van der Waals surface area contributed by atoms with Crippen LogP contribution in [0, 0.1) is 0 Å². The molecule has 0 aliphatic heterocycles. The smallest absolute Gasteiger partial charge is 0.240 e. The van der Waals surface area contributed by atoms with E-state index in [4.69, 9.17) is 5.73 Å². The highest BCUT2D eigenvalue weighted by Gasteiger charge is 2.18. The topological polar surface area (TPSA) is 110 Å². The summed E-state index contributed by atoms with van der Waals surface area (Å²) in [7, 11) is -4.42. The van der Waals surface area contributed by atoms with Crippen LogP contribution < -0.4 is 10.5 Å². The molecule has 1 aromatic carbocycles. The molecule has 0 aromatic heterocycles. The van der Waals surface area contributed by atoms with E-state index in [1.165, 1.54) is 26.2 Å². The Morgan fingerprint density at radius 2 is 1.81 bits per heavy atom. The monoisotopic (exact) mass is 335 g/mol. The molecule has 0 saturated carbocycles. The first-order valence-electron chi connectivity index (χ1n) is 6.38. The number of nitrogens with zero attached hydrogens (tertiary/aromatic N) is 1. The van der Waals surface area contributed by atoms with Gasteiger partial charge in [0.05, 0.1) is 10.6 Å². The van der Waals surface area contributed by atoms with Gasteiger partial charge in [-0.05, 0) is 24.1 Å². The molecule has 7 nitrogen and oxygen atoms in total. The van der Waals surface area contributed by atoms with Gasteiger partial charge in [-0.2, -0.15) is 0 Å². The van der Waals surface area contributed by atoms with Crippen molar-refractivity contribution in [2.75, 3.05) is 32.1 Å². The largest absolute Gasteiger partial charge is 0.398 e. The highest BCUT2D eigenvalue weighted by atomic mass is 32.2. The third kappa shape index (κ3) is 4.67. The molecular formula is C12H21N3O4S2. The van der Waals surface area contributed by atoms with E-state index >= 15 is 0 Å². The number of benzene rings is 1. The fourth-order valence-corrected chi connectivity index (χ4v) is 3.55. The lowest BCUT2D eigenvalue weighted by atomic mass is 10.1. The molecule has 0 unspecified atom stereocenters. The maximum Gasteiger partial charge on any atom is 0.240 e. The SMILES string of the molecule is CCc1ccc(S(=O)(=O)NCCS(=O)(=O)N(C)C)cc1N. The molecule has 0 amide bonds. The summed E-state index contributed by atoms with van der Waals surface area (Å²) in [6.07, 6.45) is 0.709. The first kappa shape index (κ1) is 17.9. The molecule has 120 valence electrons. The molecule has 21 heavy (non-hydrogen) atoms. The zero-order valence-corrected chi connectivity index (χ0v) is 14.0. The molecule has 3 N–H and O–H groups in total. The maximum absolute atomic E-state index is 12.1. The van der Waals surface area contributed by atoms with Gasteiger partial charge >= 0.3 is 0 Å². The van der Waals surface area contributed by atoms with Gasteiger partial charge in [-0.3, -0.25) is 0 Å². The summed E-state index contributed by atoms with van der Waals surface area (Å²) < 4.78 is 50.6. The van der Waals surface area contributed by atoms with Crippen molar-refractivity contribution in [2.45, 2.75) is 18.2 Å². The molecule has 1 rings (SSSR count). The number of nitrogens with one attached hydrogen (secondary N) is 1. The predicted molar refractivity (Wildman–Crippen MR) is 82.9 cm³/mol. The Hall–Kier alpha value is -1.16. The molecule has 0 heterocycles. The number of hydrogen-bond acceptors (Lipinski definition) is 5. The van der Waals surface area contributed by atoms with Crippen LogP contribution in [0.15, 0.2) is 23.1 Å². The quantitative estimate of drug-likeness (QED) is 0.682.